The molecule has 0 aliphatic heterocycles. The molecule has 4 heteroatoms. The van der Waals surface area contributed by atoms with E-state index in [4.69, 9.17) is 5.84 Å². The van der Waals surface area contributed by atoms with Crippen molar-refractivity contribution < 1.29 is 0 Å². The van der Waals surface area contributed by atoms with Gasteiger partial charge < -0.3 is 10.7 Å². The van der Waals surface area contributed by atoms with Crippen LogP contribution in [0.25, 0.3) is 0 Å². The fourth-order valence-corrected chi connectivity index (χ4v) is 2.70. The molecule has 1 aromatic rings. The van der Waals surface area contributed by atoms with Gasteiger partial charge in [0.1, 0.15) is 5.82 Å². The second kappa shape index (κ2) is 5.87. The van der Waals surface area contributed by atoms with Crippen molar-refractivity contribution in [3.63, 3.8) is 0 Å². The Hall–Kier alpha value is -1.29. The number of nitrogens with zero attached hydrogens (tertiary/aromatic N) is 1. The van der Waals surface area contributed by atoms with Gasteiger partial charge in [0.2, 0.25) is 0 Å². The number of nitrogens with one attached hydrogen (secondary N) is 2. The average Bonchev–Trinajstić information content (AvgIpc) is 2.39. The lowest BCUT2D eigenvalue weighted by atomic mass is 9.83. The summed E-state index contributed by atoms with van der Waals surface area (Å²) in [6, 6.07) is 4.56. The predicted molar refractivity (Wildman–Crippen MR) is 71.7 cm³/mol. The smallest absolute Gasteiger partial charge is 0.141 e. The van der Waals surface area contributed by atoms with E-state index >= 15 is 0 Å². The summed E-state index contributed by atoms with van der Waals surface area (Å²) in [4.78, 5) is 4.11. The van der Waals surface area contributed by atoms with Crippen LogP contribution in [0.5, 0.6) is 0 Å². The van der Waals surface area contributed by atoms with Crippen molar-refractivity contribution in [2.75, 3.05) is 10.7 Å². The maximum absolute atomic E-state index is 5.37. The summed E-state index contributed by atoms with van der Waals surface area (Å²) in [7, 11) is 0. The van der Waals surface area contributed by atoms with Gasteiger partial charge in [0.05, 0.1) is 0 Å². The van der Waals surface area contributed by atoms with Crippen LogP contribution in [0.4, 0.5) is 11.5 Å². The summed E-state index contributed by atoms with van der Waals surface area (Å²) in [5, 5.41) is 3.62. The lowest BCUT2D eigenvalue weighted by Gasteiger charge is -2.32. The highest BCUT2D eigenvalue weighted by Gasteiger charge is 2.23. The largest absolute Gasteiger partial charge is 0.382 e. The first-order valence-corrected chi connectivity index (χ1v) is 6.52. The van der Waals surface area contributed by atoms with E-state index in [1.807, 2.05) is 12.1 Å². The molecule has 17 heavy (non-hydrogen) atoms. The zero-order valence-electron chi connectivity index (χ0n) is 10.4. The number of anilines is 2. The summed E-state index contributed by atoms with van der Waals surface area (Å²) >= 11 is 0. The molecule has 4 nitrogen and oxygen atoms in total. The topological polar surface area (TPSA) is 63.0 Å². The van der Waals surface area contributed by atoms with Crippen molar-refractivity contribution in [1.82, 2.24) is 4.98 Å². The van der Waals surface area contributed by atoms with Gasteiger partial charge >= 0.3 is 0 Å². The summed E-state index contributed by atoms with van der Waals surface area (Å²) in [6.45, 7) is 2.28. The first-order valence-electron chi connectivity index (χ1n) is 6.52. The molecule has 4 N–H and O–H groups in total. The standard InChI is InChI=1S/C13H22N4/c1-2-10-5-3-4-6-12(10)16-11-7-8-15-13(9-11)17-14/h7-10,12H,2-6,14H2,1H3,(H2,15,16,17). The molecule has 1 fully saturated rings. The van der Waals surface area contributed by atoms with Gasteiger partial charge in [0, 0.05) is 24.0 Å². The van der Waals surface area contributed by atoms with E-state index in [2.05, 4.69) is 22.7 Å². The van der Waals surface area contributed by atoms with E-state index in [9.17, 15) is 0 Å². The van der Waals surface area contributed by atoms with E-state index in [-0.39, 0.29) is 0 Å². The van der Waals surface area contributed by atoms with E-state index in [0.29, 0.717) is 11.9 Å². The van der Waals surface area contributed by atoms with Crippen molar-refractivity contribution >= 4 is 11.5 Å². The molecule has 0 aromatic carbocycles. The second-order valence-electron chi connectivity index (χ2n) is 4.78. The normalized spacial score (nSPS) is 24.4. The van der Waals surface area contributed by atoms with Gasteiger partial charge in [0.15, 0.2) is 0 Å². The quantitative estimate of drug-likeness (QED) is 0.553. The molecule has 1 heterocycles. The number of hydrazine groups is 1. The molecule has 0 radical (unpaired) electrons. The molecule has 1 saturated carbocycles. The highest BCUT2D eigenvalue weighted by atomic mass is 15.2. The van der Waals surface area contributed by atoms with Crippen LogP contribution in [0.15, 0.2) is 18.3 Å². The fraction of sp³-hybridized carbons (Fsp3) is 0.615. The van der Waals surface area contributed by atoms with Gasteiger partial charge in [-0.15, -0.1) is 0 Å². The number of aromatic nitrogens is 1. The molecule has 2 atom stereocenters. The van der Waals surface area contributed by atoms with E-state index in [0.717, 1.165) is 11.6 Å². The Morgan fingerprint density at radius 1 is 1.41 bits per heavy atom. The van der Waals surface area contributed by atoms with Crippen molar-refractivity contribution in [3.8, 4) is 0 Å². The minimum atomic E-state index is 0.599. The molecule has 0 saturated heterocycles. The summed E-state index contributed by atoms with van der Waals surface area (Å²) in [5.41, 5.74) is 3.69. The lowest BCUT2D eigenvalue weighted by Crippen LogP contribution is -2.31. The van der Waals surface area contributed by atoms with E-state index < -0.39 is 0 Å². The van der Waals surface area contributed by atoms with E-state index in [1.165, 1.54) is 32.1 Å². The third-order valence-corrected chi connectivity index (χ3v) is 3.69. The Kier molecular flexibility index (Phi) is 4.20. The zero-order chi connectivity index (χ0) is 12.1. The SMILES string of the molecule is CCC1CCCCC1Nc1ccnc(NN)c1. The third kappa shape index (κ3) is 3.09. The number of nitrogens with two attached hydrogens (primary N) is 1. The number of nitrogen functional groups attached to an aromatic ring is 1. The molecule has 0 bridgehead atoms. The molecule has 2 rings (SSSR count). The van der Waals surface area contributed by atoms with Gasteiger partial charge in [-0.25, -0.2) is 10.8 Å². The fourth-order valence-electron chi connectivity index (χ4n) is 2.70. The number of pyridine rings is 1. The van der Waals surface area contributed by atoms with Crippen LogP contribution in [-0.4, -0.2) is 11.0 Å². The molecule has 1 aliphatic rings. The Morgan fingerprint density at radius 2 is 2.24 bits per heavy atom. The number of rotatable bonds is 4. The van der Waals surface area contributed by atoms with Gasteiger partial charge in [-0.2, -0.15) is 0 Å². The van der Waals surface area contributed by atoms with Crippen molar-refractivity contribution in [3.05, 3.63) is 18.3 Å². The predicted octanol–water partition coefficient (Wildman–Crippen LogP) is 2.75. The molecule has 94 valence electrons. The summed E-state index contributed by atoms with van der Waals surface area (Å²) in [5.74, 6) is 6.87. The van der Waals surface area contributed by atoms with Gasteiger partial charge in [0.25, 0.3) is 0 Å². The molecule has 1 aliphatic carbocycles. The molecule has 0 amide bonds. The molecular formula is C13H22N4. The lowest BCUT2D eigenvalue weighted by molar-refractivity contribution is 0.317. The Labute approximate surface area is 103 Å². The minimum Gasteiger partial charge on any atom is -0.382 e. The van der Waals surface area contributed by atoms with Crippen LogP contribution in [0.3, 0.4) is 0 Å². The van der Waals surface area contributed by atoms with Crippen LogP contribution in [0.1, 0.15) is 39.0 Å². The molecule has 0 spiro atoms. The maximum atomic E-state index is 5.37. The van der Waals surface area contributed by atoms with Gasteiger partial charge in [-0.05, 0) is 24.8 Å². The first-order chi connectivity index (χ1) is 8.33. The van der Waals surface area contributed by atoms with Crippen LogP contribution >= 0.6 is 0 Å². The highest BCUT2D eigenvalue weighted by Crippen LogP contribution is 2.29. The van der Waals surface area contributed by atoms with Gasteiger partial charge in [-0.1, -0.05) is 26.2 Å². The van der Waals surface area contributed by atoms with Crippen molar-refractivity contribution in [2.24, 2.45) is 11.8 Å². The van der Waals surface area contributed by atoms with Crippen LogP contribution < -0.4 is 16.6 Å². The molecule has 2 unspecified atom stereocenters. The molecular weight excluding hydrogens is 212 g/mol. The minimum absolute atomic E-state index is 0.599. The Morgan fingerprint density at radius 3 is 3.00 bits per heavy atom. The van der Waals surface area contributed by atoms with Crippen LogP contribution in [0.2, 0.25) is 0 Å². The van der Waals surface area contributed by atoms with E-state index in [1.54, 1.807) is 6.20 Å². The Bertz CT molecular complexity index is 353. The zero-order valence-corrected chi connectivity index (χ0v) is 10.4. The van der Waals surface area contributed by atoms with Crippen molar-refractivity contribution in [1.29, 1.82) is 0 Å². The summed E-state index contributed by atoms with van der Waals surface area (Å²) < 4.78 is 0. The van der Waals surface area contributed by atoms with Gasteiger partial charge in [-0.3, -0.25) is 0 Å². The molecule has 1 aromatic heterocycles. The van der Waals surface area contributed by atoms with Crippen molar-refractivity contribution in [2.45, 2.75) is 45.1 Å². The Balaban J connectivity index is 2.02. The summed E-state index contributed by atoms with van der Waals surface area (Å²) in [6.07, 6.45) is 8.36. The second-order valence-corrected chi connectivity index (χ2v) is 4.78. The average molecular weight is 234 g/mol. The van der Waals surface area contributed by atoms with Crippen LogP contribution in [0, 0.1) is 5.92 Å². The highest BCUT2D eigenvalue weighted by molar-refractivity contribution is 5.51. The monoisotopic (exact) mass is 234 g/mol. The number of hydrogen-bond acceptors (Lipinski definition) is 4. The first kappa shape index (κ1) is 12.2. The maximum Gasteiger partial charge on any atom is 0.141 e. The van der Waals surface area contributed by atoms with Crippen LogP contribution in [-0.2, 0) is 0 Å². The number of hydrogen-bond donors (Lipinski definition) is 3. The third-order valence-electron chi connectivity index (χ3n) is 3.69.